The summed E-state index contributed by atoms with van der Waals surface area (Å²) in [5, 5.41) is 0. The summed E-state index contributed by atoms with van der Waals surface area (Å²) in [5.41, 5.74) is 7.56. The zero-order valence-electron chi connectivity index (χ0n) is 10.5. The van der Waals surface area contributed by atoms with Gasteiger partial charge in [-0.3, -0.25) is 0 Å². The molecule has 1 aliphatic carbocycles. The van der Waals surface area contributed by atoms with Crippen LogP contribution >= 0.6 is 0 Å². The smallest absolute Gasteiger partial charge is 0.220 e. The molecular formula is C13H17N5. The molecule has 0 spiro atoms. The minimum atomic E-state index is 0.310. The second kappa shape index (κ2) is 4.40. The molecule has 2 heterocycles. The van der Waals surface area contributed by atoms with E-state index in [2.05, 4.69) is 19.5 Å². The van der Waals surface area contributed by atoms with Crippen LogP contribution in [0.1, 0.15) is 37.5 Å². The number of aryl methyl sites for hydroxylation is 1. The van der Waals surface area contributed by atoms with Crippen LogP contribution in [0.3, 0.4) is 0 Å². The molecule has 0 amide bonds. The van der Waals surface area contributed by atoms with Gasteiger partial charge in [0.25, 0.3) is 0 Å². The first-order chi connectivity index (χ1) is 8.75. The van der Waals surface area contributed by atoms with Gasteiger partial charge in [0.2, 0.25) is 5.95 Å². The SMILES string of the molecule is Cc1ncc(-c2ccnc(N)n2)n1C1CCCC1. The third kappa shape index (κ3) is 1.85. The van der Waals surface area contributed by atoms with Gasteiger partial charge in [0, 0.05) is 12.2 Å². The van der Waals surface area contributed by atoms with E-state index in [4.69, 9.17) is 5.73 Å². The summed E-state index contributed by atoms with van der Waals surface area (Å²) in [4.78, 5) is 12.7. The normalized spacial score (nSPS) is 16.3. The number of anilines is 1. The van der Waals surface area contributed by atoms with E-state index in [1.807, 2.05) is 19.2 Å². The molecule has 1 aliphatic rings. The van der Waals surface area contributed by atoms with Gasteiger partial charge in [-0.25, -0.2) is 15.0 Å². The maximum absolute atomic E-state index is 5.65. The number of nitrogen functional groups attached to an aromatic ring is 1. The zero-order valence-corrected chi connectivity index (χ0v) is 10.5. The highest BCUT2D eigenvalue weighted by Crippen LogP contribution is 2.34. The number of hydrogen-bond acceptors (Lipinski definition) is 4. The molecule has 94 valence electrons. The van der Waals surface area contributed by atoms with Gasteiger partial charge >= 0.3 is 0 Å². The van der Waals surface area contributed by atoms with E-state index >= 15 is 0 Å². The van der Waals surface area contributed by atoms with Gasteiger partial charge in [0.15, 0.2) is 0 Å². The Hall–Kier alpha value is -1.91. The van der Waals surface area contributed by atoms with Crippen molar-refractivity contribution in [1.82, 2.24) is 19.5 Å². The van der Waals surface area contributed by atoms with E-state index < -0.39 is 0 Å². The summed E-state index contributed by atoms with van der Waals surface area (Å²) in [6, 6.07) is 2.44. The number of hydrogen-bond donors (Lipinski definition) is 1. The maximum Gasteiger partial charge on any atom is 0.220 e. The molecule has 0 bridgehead atoms. The van der Waals surface area contributed by atoms with Crippen molar-refractivity contribution in [1.29, 1.82) is 0 Å². The van der Waals surface area contributed by atoms with Gasteiger partial charge in [0.1, 0.15) is 5.82 Å². The van der Waals surface area contributed by atoms with Crippen molar-refractivity contribution in [3.05, 3.63) is 24.3 Å². The lowest BCUT2D eigenvalue weighted by Gasteiger charge is -2.17. The number of rotatable bonds is 2. The molecule has 1 fully saturated rings. The van der Waals surface area contributed by atoms with Crippen molar-refractivity contribution >= 4 is 5.95 Å². The molecule has 3 rings (SSSR count). The maximum atomic E-state index is 5.65. The Morgan fingerprint density at radius 1 is 1.28 bits per heavy atom. The van der Waals surface area contributed by atoms with E-state index in [0.717, 1.165) is 17.2 Å². The second-order valence-electron chi connectivity index (χ2n) is 4.80. The molecule has 0 aromatic carbocycles. The molecule has 0 saturated heterocycles. The lowest BCUT2D eigenvalue weighted by atomic mass is 10.2. The van der Waals surface area contributed by atoms with Crippen LogP contribution in [0.5, 0.6) is 0 Å². The van der Waals surface area contributed by atoms with E-state index in [0.29, 0.717) is 12.0 Å². The predicted octanol–water partition coefficient (Wildman–Crippen LogP) is 2.35. The first-order valence-corrected chi connectivity index (χ1v) is 6.38. The van der Waals surface area contributed by atoms with E-state index in [-0.39, 0.29) is 0 Å². The molecule has 0 atom stereocenters. The average Bonchev–Trinajstić information content (AvgIpc) is 2.97. The standard InChI is InChI=1S/C13H17N5/c1-9-16-8-12(11-6-7-15-13(14)17-11)18(9)10-4-2-3-5-10/h6-8,10H,2-5H2,1H3,(H2,14,15,17). The van der Waals surface area contributed by atoms with Gasteiger partial charge in [-0.15, -0.1) is 0 Å². The van der Waals surface area contributed by atoms with Crippen LogP contribution < -0.4 is 5.73 Å². The van der Waals surface area contributed by atoms with Crippen LogP contribution in [0.15, 0.2) is 18.5 Å². The molecule has 2 N–H and O–H groups in total. The minimum Gasteiger partial charge on any atom is -0.368 e. The van der Waals surface area contributed by atoms with E-state index in [1.54, 1.807) is 6.20 Å². The fourth-order valence-corrected chi connectivity index (χ4v) is 2.78. The number of nitrogens with two attached hydrogens (primary N) is 1. The third-order valence-electron chi connectivity index (χ3n) is 3.61. The van der Waals surface area contributed by atoms with Crippen molar-refractivity contribution in [3.8, 4) is 11.4 Å². The molecule has 0 unspecified atom stereocenters. The molecule has 18 heavy (non-hydrogen) atoms. The fraction of sp³-hybridized carbons (Fsp3) is 0.462. The molecule has 1 saturated carbocycles. The average molecular weight is 243 g/mol. The minimum absolute atomic E-state index is 0.310. The molecule has 2 aromatic rings. The highest BCUT2D eigenvalue weighted by Gasteiger charge is 2.22. The molecule has 5 nitrogen and oxygen atoms in total. The van der Waals surface area contributed by atoms with Crippen molar-refractivity contribution in [3.63, 3.8) is 0 Å². The Kier molecular flexibility index (Phi) is 2.74. The monoisotopic (exact) mass is 243 g/mol. The topological polar surface area (TPSA) is 69.6 Å². The fourth-order valence-electron chi connectivity index (χ4n) is 2.78. The van der Waals surface area contributed by atoms with Crippen LogP contribution in [0.25, 0.3) is 11.4 Å². The van der Waals surface area contributed by atoms with Crippen molar-refractivity contribution in [2.45, 2.75) is 38.6 Å². The number of nitrogens with zero attached hydrogens (tertiary/aromatic N) is 4. The molecular weight excluding hydrogens is 226 g/mol. The van der Waals surface area contributed by atoms with Gasteiger partial charge in [-0.05, 0) is 25.8 Å². The van der Waals surface area contributed by atoms with E-state index in [1.165, 1.54) is 25.7 Å². The summed E-state index contributed by atoms with van der Waals surface area (Å²) >= 11 is 0. The van der Waals surface area contributed by atoms with Crippen molar-refractivity contribution in [2.24, 2.45) is 0 Å². The molecule has 5 heteroatoms. The molecule has 0 radical (unpaired) electrons. The van der Waals surface area contributed by atoms with Gasteiger partial charge in [-0.1, -0.05) is 12.8 Å². The largest absolute Gasteiger partial charge is 0.368 e. The quantitative estimate of drug-likeness (QED) is 0.879. The molecule has 0 aliphatic heterocycles. The summed E-state index contributed by atoms with van der Waals surface area (Å²) in [7, 11) is 0. The summed E-state index contributed by atoms with van der Waals surface area (Å²) in [6.45, 7) is 2.05. The Morgan fingerprint density at radius 3 is 2.78 bits per heavy atom. The molecule has 2 aromatic heterocycles. The highest BCUT2D eigenvalue weighted by atomic mass is 15.1. The van der Waals surface area contributed by atoms with Gasteiger partial charge < -0.3 is 10.3 Å². The summed E-state index contributed by atoms with van der Waals surface area (Å²) < 4.78 is 2.30. The van der Waals surface area contributed by atoms with Crippen LogP contribution in [-0.4, -0.2) is 19.5 Å². The summed E-state index contributed by atoms with van der Waals surface area (Å²) in [6.07, 6.45) is 8.63. The first-order valence-electron chi connectivity index (χ1n) is 6.38. The summed E-state index contributed by atoms with van der Waals surface area (Å²) in [5.74, 6) is 1.36. The Bertz CT molecular complexity index is 554. The van der Waals surface area contributed by atoms with Crippen molar-refractivity contribution in [2.75, 3.05) is 5.73 Å². The van der Waals surface area contributed by atoms with Crippen molar-refractivity contribution < 1.29 is 0 Å². The second-order valence-corrected chi connectivity index (χ2v) is 4.80. The number of imidazole rings is 1. The first kappa shape index (κ1) is 11.2. The Balaban J connectivity index is 2.07. The lowest BCUT2D eigenvalue weighted by molar-refractivity contribution is 0.510. The number of aromatic nitrogens is 4. The van der Waals surface area contributed by atoms with Crippen LogP contribution in [0.2, 0.25) is 0 Å². The highest BCUT2D eigenvalue weighted by molar-refractivity contribution is 5.55. The van der Waals surface area contributed by atoms with Crippen LogP contribution in [0, 0.1) is 6.92 Å². The van der Waals surface area contributed by atoms with Gasteiger partial charge in [-0.2, -0.15) is 0 Å². The van der Waals surface area contributed by atoms with Gasteiger partial charge in [0.05, 0.1) is 17.6 Å². The zero-order chi connectivity index (χ0) is 12.5. The Labute approximate surface area is 106 Å². The lowest BCUT2D eigenvalue weighted by Crippen LogP contribution is -2.09. The van der Waals surface area contributed by atoms with E-state index in [9.17, 15) is 0 Å². The van der Waals surface area contributed by atoms with Crippen LogP contribution in [-0.2, 0) is 0 Å². The predicted molar refractivity (Wildman–Crippen MR) is 69.9 cm³/mol. The van der Waals surface area contributed by atoms with Crippen LogP contribution in [0.4, 0.5) is 5.95 Å². The Morgan fingerprint density at radius 2 is 2.06 bits per heavy atom. The third-order valence-corrected chi connectivity index (χ3v) is 3.61.